The molecule has 31 heavy (non-hydrogen) atoms. The fourth-order valence-corrected chi connectivity index (χ4v) is 5.24. The number of aromatic nitrogens is 4. The number of hydrogen-bond donors (Lipinski definition) is 3. The van der Waals surface area contributed by atoms with Crippen molar-refractivity contribution in [2.45, 2.75) is 37.8 Å². The molecule has 1 saturated heterocycles. The Morgan fingerprint density at radius 2 is 1.87 bits per heavy atom. The van der Waals surface area contributed by atoms with E-state index in [9.17, 15) is 0 Å². The van der Waals surface area contributed by atoms with E-state index in [4.69, 9.17) is 4.74 Å². The van der Waals surface area contributed by atoms with E-state index in [-0.39, 0.29) is 0 Å². The van der Waals surface area contributed by atoms with Crippen molar-refractivity contribution in [2.24, 2.45) is 0 Å². The maximum absolute atomic E-state index is 5.52. The van der Waals surface area contributed by atoms with Gasteiger partial charge in [-0.05, 0) is 55.0 Å². The molecule has 0 spiro atoms. The number of hydrogen-bond acceptors (Lipinski definition) is 5. The number of nitrogens with one attached hydrogen (secondary N) is 3. The fraction of sp³-hybridized carbons (Fsp3) is 0.417. The molecular formula is C24H28N6O. The number of benzene rings is 1. The minimum absolute atomic E-state index is 0.452. The summed E-state index contributed by atoms with van der Waals surface area (Å²) < 4.78 is 5.52. The minimum Gasteiger partial charge on any atom is -0.379 e. The van der Waals surface area contributed by atoms with Gasteiger partial charge in [-0.1, -0.05) is 6.07 Å². The van der Waals surface area contributed by atoms with Crippen LogP contribution in [0.4, 0.5) is 5.82 Å². The molecule has 0 unspecified atom stereocenters. The van der Waals surface area contributed by atoms with Crippen molar-refractivity contribution in [3.8, 4) is 11.1 Å². The maximum Gasteiger partial charge on any atom is 0.143 e. The van der Waals surface area contributed by atoms with Gasteiger partial charge in [0.25, 0.3) is 0 Å². The second-order valence-electron chi connectivity index (χ2n) is 8.73. The standard InChI is InChI=1S/C24H28N6O/c1-6-21-20(13-16(1)17-7-8-25-14-17)22-23(26-15-27-24(22)29-21)28-18-2-4-19(5-3-18)30-9-11-31-12-10-30/h1,6-8,13-15,18-19,25H,2-5,9-12H2,(H2,26,27,28,29)/t18-,19-. The molecule has 3 N–H and O–H groups in total. The molecule has 1 saturated carbocycles. The van der Waals surface area contributed by atoms with E-state index >= 15 is 0 Å². The first-order valence-electron chi connectivity index (χ1n) is 11.3. The number of ether oxygens (including phenoxy) is 1. The lowest BCUT2D eigenvalue weighted by Gasteiger charge is -2.39. The van der Waals surface area contributed by atoms with Gasteiger partial charge in [0, 0.05) is 48.5 Å². The second-order valence-corrected chi connectivity index (χ2v) is 8.73. The predicted molar refractivity (Wildman–Crippen MR) is 123 cm³/mol. The van der Waals surface area contributed by atoms with Gasteiger partial charge in [0.1, 0.15) is 17.8 Å². The van der Waals surface area contributed by atoms with Crippen LogP contribution in [0.2, 0.25) is 0 Å². The molecule has 3 aromatic heterocycles. The van der Waals surface area contributed by atoms with Crippen LogP contribution < -0.4 is 5.32 Å². The molecule has 160 valence electrons. The highest BCUT2D eigenvalue weighted by atomic mass is 16.5. The Labute approximate surface area is 181 Å². The molecule has 7 nitrogen and oxygen atoms in total. The van der Waals surface area contributed by atoms with Gasteiger partial charge < -0.3 is 20.0 Å². The Morgan fingerprint density at radius 3 is 2.68 bits per heavy atom. The van der Waals surface area contributed by atoms with Gasteiger partial charge in [-0.15, -0.1) is 0 Å². The van der Waals surface area contributed by atoms with E-state index in [2.05, 4.69) is 54.4 Å². The van der Waals surface area contributed by atoms with Crippen molar-refractivity contribution in [3.63, 3.8) is 0 Å². The highest BCUT2D eigenvalue weighted by Crippen LogP contribution is 2.34. The second kappa shape index (κ2) is 7.98. The van der Waals surface area contributed by atoms with Crippen LogP contribution >= 0.6 is 0 Å². The number of aromatic amines is 2. The summed E-state index contributed by atoms with van der Waals surface area (Å²) in [5.74, 6) is 0.942. The molecule has 2 aliphatic rings. The summed E-state index contributed by atoms with van der Waals surface area (Å²) in [7, 11) is 0. The van der Waals surface area contributed by atoms with Crippen molar-refractivity contribution < 1.29 is 4.74 Å². The van der Waals surface area contributed by atoms with Crippen LogP contribution in [0.1, 0.15) is 25.7 Å². The zero-order chi connectivity index (χ0) is 20.6. The third-order valence-electron chi connectivity index (χ3n) is 6.92. The number of rotatable bonds is 4. The largest absolute Gasteiger partial charge is 0.379 e. The first kappa shape index (κ1) is 18.8. The average Bonchev–Trinajstić information content (AvgIpc) is 3.48. The first-order chi connectivity index (χ1) is 15.3. The fourth-order valence-electron chi connectivity index (χ4n) is 5.24. The molecule has 0 bridgehead atoms. The van der Waals surface area contributed by atoms with E-state index in [1.54, 1.807) is 6.33 Å². The summed E-state index contributed by atoms with van der Waals surface area (Å²) in [5, 5.41) is 6.01. The Balaban J connectivity index is 1.26. The van der Waals surface area contributed by atoms with Crippen LogP contribution in [0.3, 0.4) is 0 Å². The number of fused-ring (bicyclic) bond motifs is 3. The SMILES string of the molecule is c1nc(N[C@H]2CC[C@H](N3CCOCC3)CC2)c2c(n1)[nH]c1ccc(-c3cc[nH]c3)cc12. The van der Waals surface area contributed by atoms with Crippen LogP contribution in [0, 0.1) is 0 Å². The highest BCUT2D eigenvalue weighted by Gasteiger charge is 2.27. The first-order valence-corrected chi connectivity index (χ1v) is 11.3. The lowest BCUT2D eigenvalue weighted by atomic mass is 9.90. The Hall–Kier alpha value is -2.90. The van der Waals surface area contributed by atoms with Crippen molar-refractivity contribution in [1.82, 2.24) is 24.8 Å². The molecule has 0 atom stereocenters. The summed E-state index contributed by atoms with van der Waals surface area (Å²) in [5.41, 5.74) is 4.36. The topological polar surface area (TPSA) is 81.9 Å². The molecule has 0 amide bonds. The van der Waals surface area contributed by atoms with E-state index in [0.717, 1.165) is 48.7 Å². The number of H-pyrrole nitrogens is 2. The van der Waals surface area contributed by atoms with Crippen molar-refractivity contribution in [1.29, 1.82) is 0 Å². The van der Waals surface area contributed by atoms with Gasteiger partial charge in [-0.2, -0.15) is 0 Å². The van der Waals surface area contributed by atoms with Gasteiger partial charge in [-0.3, -0.25) is 4.90 Å². The molecule has 4 aromatic rings. The molecule has 1 aliphatic carbocycles. The van der Waals surface area contributed by atoms with E-state index in [1.165, 1.54) is 42.2 Å². The van der Waals surface area contributed by atoms with Crippen LogP contribution in [0.15, 0.2) is 43.0 Å². The van der Waals surface area contributed by atoms with Gasteiger partial charge in [0.2, 0.25) is 0 Å². The monoisotopic (exact) mass is 416 g/mol. The average molecular weight is 417 g/mol. The summed E-state index contributed by atoms with van der Waals surface area (Å²) in [6, 6.07) is 9.77. The zero-order valence-corrected chi connectivity index (χ0v) is 17.6. The van der Waals surface area contributed by atoms with Crippen LogP contribution in [0.25, 0.3) is 33.1 Å². The lowest BCUT2D eigenvalue weighted by molar-refractivity contribution is 0.00791. The quantitative estimate of drug-likeness (QED) is 0.465. The molecule has 7 heteroatoms. The summed E-state index contributed by atoms with van der Waals surface area (Å²) in [6.07, 6.45) is 10.5. The van der Waals surface area contributed by atoms with E-state index in [0.29, 0.717) is 12.1 Å². The molecule has 0 radical (unpaired) electrons. The van der Waals surface area contributed by atoms with Crippen molar-refractivity contribution in [3.05, 3.63) is 43.0 Å². The number of nitrogens with zero attached hydrogens (tertiary/aromatic N) is 3. The Bertz CT molecular complexity index is 1170. The predicted octanol–water partition coefficient (Wildman–Crippen LogP) is 4.16. The normalized spacial score (nSPS) is 22.8. The van der Waals surface area contributed by atoms with Gasteiger partial charge in [0.05, 0.1) is 18.6 Å². The van der Waals surface area contributed by atoms with Crippen LogP contribution in [-0.4, -0.2) is 63.2 Å². The molecule has 4 heterocycles. The zero-order valence-electron chi connectivity index (χ0n) is 17.6. The number of morpholine rings is 1. The Morgan fingerprint density at radius 1 is 1.00 bits per heavy atom. The minimum atomic E-state index is 0.452. The highest BCUT2D eigenvalue weighted by molar-refractivity contribution is 6.12. The van der Waals surface area contributed by atoms with E-state index < -0.39 is 0 Å². The molecule has 2 fully saturated rings. The summed E-state index contributed by atoms with van der Waals surface area (Å²) in [6.45, 7) is 3.91. The molecule has 1 aromatic carbocycles. The van der Waals surface area contributed by atoms with Crippen molar-refractivity contribution >= 4 is 27.8 Å². The molecule has 6 rings (SSSR count). The van der Waals surface area contributed by atoms with E-state index in [1.807, 2.05) is 12.4 Å². The smallest absolute Gasteiger partial charge is 0.143 e. The van der Waals surface area contributed by atoms with Crippen LogP contribution in [0.5, 0.6) is 0 Å². The van der Waals surface area contributed by atoms with Gasteiger partial charge in [0.15, 0.2) is 0 Å². The van der Waals surface area contributed by atoms with Crippen LogP contribution in [-0.2, 0) is 4.74 Å². The third kappa shape index (κ3) is 3.58. The van der Waals surface area contributed by atoms with Crippen molar-refractivity contribution in [2.75, 3.05) is 31.6 Å². The van der Waals surface area contributed by atoms with Gasteiger partial charge >= 0.3 is 0 Å². The summed E-state index contributed by atoms with van der Waals surface area (Å²) >= 11 is 0. The third-order valence-corrected chi connectivity index (χ3v) is 6.92. The summed E-state index contributed by atoms with van der Waals surface area (Å²) in [4.78, 5) is 18.4. The molecular weight excluding hydrogens is 388 g/mol. The van der Waals surface area contributed by atoms with Gasteiger partial charge in [-0.25, -0.2) is 9.97 Å². The number of anilines is 1. The maximum atomic E-state index is 5.52. The lowest BCUT2D eigenvalue weighted by Crippen LogP contribution is -2.46. The Kier molecular flexibility index (Phi) is 4.85. The molecule has 1 aliphatic heterocycles.